The quantitative estimate of drug-likeness (QED) is 0.608. The normalized spacial score (nSPS) is 11.9. The Labute approximate surface area is 140 Å². The highest BCUT2D eigenvalue weighted by Crippen LogP contribution is 2.23. The van der Waals surface area contributed by atoms with Crippen molar-refractivity contribution in [1.29, 1.82) is 0 Å². The van der Waals surface area contributed by atoms with E-state index in [0.717, 1.165) is 22.5 Å². The molecule has 24 heavy (non-hydrogen) atoms. The van der Waals surface area contributed by atoms with Crippen molar-refractivity contribution >= 4 is 22.8 Å². The molecule has 2 aromatic heterocycles. The SMILES string of the molecule is CC(NC(=O)NCCNc1ccccn1)c1cc2ccccc2o1. The first-order valence-corrected chi connectivity index (χ1v) is 7.90. The van der Waals surface area contributed by atoms with Crippen LogP contribution in [-0.2, 0) is 0 Å². The molecule has 0 saturated heterocycles. The molecule has 6 heteroatoms. The van der Waals surface area contributed by atoms with Gasteiger partial charge in [0.05, 0.1) is 6.04 Å². The topological polar surface area (TPSA) is 79.2 Å². The van der Waals surface area contributed by atoms with Gasteiger partial charge in [0.2, 0.25) is 0 Å². The largest absolute Gasteiger partial charge is 0.459 e. The van der Waals surface area contributed by atoms with E-state index >= 15 is 0 Å². The average molecular weight is 324 g/mol. The minimum absolute atomic E-state index is 0.207. The van der Waals surface area contributed by atoms with E-state index in [4.69, 9.17) is 4.42 Å². The summed E-state index contributed by atoms with van der Waals surface area (Å²) >= 11 is 0. The Kier molecular flexibility index (Phi) is 4.96. The zero-order valence-corrected chi connectivity index (χ0v) is 13.5. The number of pyridine rings is 1. The lowest BCUT2D eigenvalue weighted by atomic mass is 10.2. The van der Waals surface area contributed by atoms with E-state index in [1.165, 1.54) is 0 Å². The molecular weight excluding hydrogens is 304 g/mol. The van der Waals surface area contributed by atoms with Crippen LogP contribution in [0.1, 0.15) is 18.7 Å². The molecule has 1 atom stereocenters. The summed E-state index contributed by atoms with van der Waals surface area (Å²) in [5.41, 5.74) is 0.820. The van der Waals surface area contributed by atoms with Crippen LogP contribution >= 0.6 is 0 Å². The Morgan fingerprint density at radius 1 is 1.17 bits per heavy atom. The van der Waals surface area contributed by atoms with Gasteiger partial charge in [0.25, 0.3) is 0 Å². The van der Waals surface area contributed by atoms with Gasteiger partial charge in [-0.05, 0) is 31.2 Å². The van der Waals surface area contributed by atoms with Gasteiger partial charge in [-0.3, -0.25) is 0 Å². The van der Waals surface area contributed by atoms with Crippen molar-refractivity contribution in [2.45, 2.75) is 13.0 Å². The van der Waals surface area contributed by atoms with Crippen molar-refractivity contribution in [3.63, 3.8) is 0 Å². The second-order valence-electron chi connectivity index (χ2n) is 5.45. The maximum Gasteiger partial charge on any atom is 0.315 e. The van der Waals surface area contributed by atoms with Gasteiger partial charge in [-0.15, -0.1) is 0 Å². The van der Waals surface area contributed by atoms with Crippen LogP contribution in [0.4, 0.5) is 10.6 Å². The number of fused-ring (bicyclic) bond motifs is 1. The zero-order chi connectivity index (χ0) is 16.8. The Balaban J connectivity index is 1.44. The van der Waals surface area contributed by atoms with Crippen LogP contribution in [0.15, 0.2) is 59.1 Å². The first-order valence-electron chi connectivity index (χ1n) is 7.90. The maximum atomic E-state index is 11.9. The van der Waals surface area contributed by atoms with Crippen LogP contribution in [0.25, 0.3) is 11.0 Å². The smallest absolute Gasteiger partial charge is 0.315 e. The predicted molar refractivity (Wildman–Crippen MR) is 93.9 cm³/mol. The third kappa shape index (κ3) is 4.04. The first kappa shape index (κ1) is 15.9. The number of hydrogen-bond donors (Lipinski definition) is 3. The molecule has 2 heterocycles. The summed E-state index contributed by atoms with van der Waals surface area (Å²) in [7, 11) is 0. The highest BCUT2D eigenvalue weighted by atomic mass is 16.3. The van der Waals surface area contributed by atoms with Gasteiger partial charge >= 0.3 is 6.03 Å². The summed E-state index contributed by atoms with van der Waals surface area (Å²) in [6.45, 7) is 2.99. The molecule has 0 spiro atoms. The molecule has 3 rings (SSSR count). The van der Waals surface area contributed by atoms with Crippen molar-refractivity contribution in [1.82, 2.24) is 15.6 Å². The highest BCUT2D eigenvalue weighted by molar-refractivity contribution is 5.78. The maximum absolute atomic E-state index is 11.9. The number of carbonyl (C=O) groups is 1. The molecule has 0 aliphatic carbocycles. The van der Waals surface area contributed by atoms with Crippen LogP contribution in [0.3, 0.4) is 0 Å². The van der Waals surface area contributed by atoms with Crippen LogP contribution < -0.4 is 16.0 Å². The fourth-order valence-corrected chi connectivity index (χ4v) is 2.37. The molecule has 124 valence electrons. The van der Waals surface area contributed by atoms with Gasteiger partial charge in [0, 0.05) is 24.7 Å². The monoisotopic (exact) mass is 324 g/mol. The van der Waals surface area contributed by atoms with Crippen LogP contribution in [0, 0.1) is 0 Å². The lowest BCUT2D eigenvalue weighted by Crippen LogP contribution is -2.39. The number of urea groups is 1. The van der Waals surface area contributed by atoms with Crippen LogP contribution in [-0.4, -0.2) is 24.1 Å². The van der Waals surface area contributed by atoms with Gasteiger partial charge in [-0.25, -0.2) is 9.78 Å². The molecule has 0 radical (unpaired) electrons. The van der Waals surface area contributed by atoms with E-state index < -0.39 is 0 Å². The second-order valence-corrected chi connectivity index (χ2v) is 5.45. The third-order valence-electron chi connectivity index (χ3n) is 3.60. The third-order valence-corrected chi connectivity index (χ3v) is 3.60. The predicted octanol–water partition coefficient (Wildman–Crippen LogP) is 3.30. The summed E-state index contributed by atoms with van der Waals surface area (Å²) in [5, 5.41) is 9.83. The van der Waals surface area contributed by atoms with Crippen LogP contribution in [0.5, 0.6) is 0 Å². The second kappa shape index (κ2) is 7.50. The number of amides is 2. The van der Waals surface area contributed by atoms with Gasteiger partial charge < -0.3 is 20.4 Å². The van der Waals surface area contributed by atoms with Crippen molar-refractivity contribution in [3.8, 4) is 0 Å². The Morgan fingerprint density at radius 3 is 2.79 bits per heavy atom. The number of hydrogen-bond acceptors (Lipinski definition) is 4. The van der Waals surface area contributed by atoms with E-state index in [0.29, 0.717) is 13.1 Å². The van der Waals surface area contributed by atoms with Gasteiger partial charge in [0.1, 0.15) is 17.2 Å². The summed E-state index contributed by atoms with van der Waals surface area (Å²) in [5.74, 6) is 1.52. The number of nitrogens with one attached hydrogen (secondary N) is 3. The molecule has 0 aliphatic heterocycles. The number of aromatic nitrogens is 1. The first-order chi connectivity index (χ1) is 11.7. The summed E-state index contributed by atoms with van der Waals surface area (Å²) in [6.07, 6.45) is 1.72. The summed E-state index contributed by atoms with van der Waals surface area (Å²) < 4.78 is 5.75. The van der Waals surface area contributed by atoms with Crippen molar-refractivity contribution in [2.75, 3.05) is 18.4 Å². The number of carbonyl (C=O) groups excluding carboxylic acids is 1. The minimum Gasteiger partial charge on any atom is -0.459 e. The standard InChI is InChI=1S/C18H20N4O2/c1-13(16-12-14-6-2-3-7-15(14)24-16)22-18(23)21-11-10-20-17-8-4-5-9-19-17/h2-9,12-13H,10-11H2,1H3,(H,19,20)(H2,21,22,23). The van der Waals surface area contributed by atoms with Crippen LogP contribution in [0.2, 0.25) is 0 Å². The highest BCUT2D eigenvalue weighted by Gasteiger charge is 2.13. The molecule has 3 N–H and O–H groups in total. The fourth-order valence-electron chi connectivity index (χ4n) is 2.37. The van der Waals surface area contributed by atoms with E-state index in [9.17, 15) is 4.79 Å². The number of rotatable bonds is 6. The van der Waals surface area contributed by atoms with Crippen molar-refractivity contribution in [2.24, 2.45) is 0 Å². The average Bonchev–Trinajstić information content (AvgIpc) is 3.04. The number of furan rings is 1. The Hall–Kier alpha value is -3.02. The van der Waals surface area contributed by atoms with Crippen molar-refractivity contribution in [3.05, 3.63) is 60.5 Å². The summed E-state index contributed by atoms with van der Waals surface area (Å²) in [4.78, 5) is 16.1. The molecule has 2 amide bonds. The lowest BCUT2D eigenvalue weighted by molar-refractivity contribution is 0.236. The fraction of sp³-hybridized carbons (Fsp3) is 0.222. The lowest BCUT2D eigenvalue weighted by Gasteiger charge is -2.13. The molecule has 1 unspecified atom stereocenters. The Bertz CT molecular complexity index is 768. The molecule has 0 aliphatic rings. The minimum atomic E-state index is -0.231. The molecule has 6 nitrogen and oxygen atoms in total. The van der Waals surface area contributed by atoms with E-state index in [1.54, 1.807) is 6.20 Å². The number of nitrogens with zero attached hydrogens (tertiary/aromatic N) is 1. The number of benzene rings is 1. The molecule has 0 fully saturated rings. The van der Waals surface area contributed by atoms with Crippen molar-refractivity contribution < 1.29 is 9.21 Å². The molecule has 0 bridgehead atoms. The zero-order valence-electron chi connectivity index (χ0n) is 13.5. The molecule has 0 saturated carbocycles. The van der Waals surface area contributed by atoms with Gasteiger partial charge in [0.15, 0.2) is 0 Å². The van der Waals surface area contributed by atoms with E-state index in [-0.39, 0.29) is 12.1 Å². The van der Waals surface area contributed by atoms with E-state index in [1.807, 2.05) is 55.5 Å². The molecule has 1 aromatic carbocycles. The number of anilines is 1. The molecular formula is C18H20N4O2. The molecule has 3 aromatic rings. The van der Waals surface area contributed by atoms with E-state index in [2.05, 4.69) is 20.9 Å². The van der Waals surface area contributed by atoms with Gasteiger partial charge in [-0.1, -0.05) is 24.3 Å². The van der Waals surface area contributed by atoms with Gasteiger partial charge in [-0.2, -0.15) is 0 Å². The number of para-hydroxylation sites is 1. The Morgan fingerprint density at radius 2 is 2.00 bits per heavy atom. The summed E-state index contributed by atoms with van der Waals surface area (Å²) in [6, 6.07) is 14.9.